The maximum absolute atomic E-state index is 12.5. The number of alkyl halides is 3. The van der Waals surface area contributed by atoms with Gasteiger partial charge in [-0.05, 0) is 42.6 Å². The van der Waals surface area contributed by atoms with Crippen molar-refractivity contribution >= 4 is 28.5 Å². The maximum Gasteiger partial charge on any atom is 0.573 e. The molecule has 0 unspecified atom stereocenters. The number of rotatable bonds is 4. The van der Waals surface area contributed by atoms with Crippen LogP contribution in [0.5, 0.6) is 5.75 Å². The van der Waals surface area contributed by atoms with Gasteiger partial charge < -0.3 is 14.4 Å². The number of hydrogen-bond acceptors (Lipinski definition) is 4. The first-order chi connectivity index (χ1) is 11.9. The minimum absolute atomic E-state index is 0.278. The second kappa shape index (κ2) is 6.61. The van der Waals surface area contributed by atoms with Crippen LogP contribution in [0.3, 0.4) is 0 Å². The van der Waals surface area contributed by atoms with Gasteiger partial charge in [0.25, 0.3) is 0 Å². The van der Waals surface area contributed by atoms with Crippen LogP contribution in [0.4, 0.5) is 18.9 Å². The van der Waals surface area contributed by atoms with E-state index in [1.807, 2.05) is 13.0 Å². The van der Waals surface area contributed by atoms with Gasteiger partial charge in [-0.3, -0.25) is 0 Å². The lowest BCUT2D eigenvalue weighted by Gasteiger charge is -2.14. The second-order valence-corrected chi connectivity index (χ2v) is 6.04. The molecule has 4 nitrogen and oxygen atoms in total. The van der Waals surface area contributed by atoms with Crippen molar-refractivity contribution in [3.63, 3.8) is 0 Å². The largest absolute Gasteiger partial charge is 0.573 e. The van der Waals surface area contributed by atoms with Crippen LogP contribution in [0.1, 0.15) is 11.1 Å². The van der Waals surface area contributed by atoms with Crippen molar-refractivity contribution < 1.29 is 17.9 Å². The van der Waals surface area contributed by atoms with Gasteiger partial charge in [-0.1, -0.05) is 18.2 Å². The standard InChI is InChI=1S/C17H12F3N3OS/c1-10-6-7-12(16-15(10)11(8-21)9-22-16)23-25-14-5-3-2-4-13(14)24-17(18,19)20/h2-7,9,22-23H,1H3. The molecule has 0 radical (unpaired) electrons. The molecule has 0 aliphatic carbocycles. The number of benzene rings is 2. The summed E-state index contributed by atoms with van der Waals surface area (Å²) in [4.78, 5) is 3.32. The minimum atomic E-state index is -4.76. The molecule has 0 bridgehead atoms. The van der Waals surface area contributed by atoms with E-state index in [1.54, 1.807) is 18.3 Å². The highest BCUT2D eigenvalue weighted by Gasteiger charge is 2.32. The van der Waals surface area contributed by atoms with E-state index in [4.69, 9.17) is 0 Å². The van der Waals surface area contributed by atoms with E-state index < -0.39 is 6.36 Å². The van der Waals surface area contributed by atoms with Gasteiger partial charge in [-0.25, -0.2) is 0 Å². The smallest absolute Gasteiger partial charge is 0.405 e. The normalized spacial score (nSPS) is 11.3. The summed E-state index contributed by atoms with van der Waals surface area (Å²) in [5, 5.41) is 9.96. The molecule has 3 aromatic rings. The summed E-state index contributed by atoms with van der Waals surface area (Å²) in [7, 11) is 0. The molecule has 2 aromatic carbocycles. The minimum Gasteiger partial charge on any atom is -0.405 e. The summed E-state index contributed by atoms with van der Waals surface area (Å²) in [6.45, 7) is 1.89. The molecule has 1 heterocycles. The first kappa shape index (κ1) is 17.0. The van der Waals surface area contributed by atoms with Crippen LogP contribution >= 0.6 is 11.9 Å². The Morgan fingerprint density at radius 2 is 1.96 bits per heavy atom. The number of hydrogen-bond donors (Lipinski definition) is 2. The second-order valence-electron chi connectivity index (χ2n) is 5.19. The number of nitrogens with one attached hydrogen (secondary N) is 2. The third-order valence-corrected chi connectivity index (χ3v) is 4.39. The van der Waals surface area contributed by atoms with E-state index in [1.165, 1.54) is 18.2 Å². The Balaban J connectivity index is 1.89. The highest BCUT2D eigenvalue weighted by molar-refractivity contribution is 8.00. The highest BCUT2D eigenvalue weighted by Crippen LogP contribution is 2.36. The van der Waals surface area contributed by atoms with E-state index >= 15 is 0 Å². The third kappa shape index (κ3) is 3.67. The van der Waals surface area contributed by atoms with Crippen molar-refractivity contribution in [2.24, 2.45) is 0 Å². The van der Waals surface area contributed by atoms with E-state index in [9.17, 15) is 18.4 Å². The van der Waals surface area contributed by atoms with Crippen molar-refractivity contribution in [3.8, 4) is 11.8 Å². The van der Waals surface area contributed by atoms with Crippen molar-refractivity contribution in [1.29, 1.82) is 5.26 Å². The van der Waals surface area contributed by atoms with Crippen molar-refractivity contribution in [3.05, 3.63) is 53.7 Å². The molecule has 25 heavy (non-hydrogen) atoms. The molecule has 0 fully saturated rings. The maximum atomic E-state index is 12.5. The summed E-state index contributed by atoms with van der Waals surface area (Å²) < 4.78 is 44.5. The Hall–Kier alpha value is -2.79. The lowest BCUT2D eigenvalue weighted by Crippen LogP contribution is -2.17. The van der Waals surface area contributed by atoms with Crippen LogP contribution in [0.2, 0.25) is 0 Å². The van der Waals surface area contributed by atoms with E-state index in [0.717, 1.165) is 28.4 Å². The van der Waals surface area contributed by atoms with Gasteiger partial charge in [-0.15, -0.1) is 13.2 Å². The molecule has 3 rings (SSSR count). The number of anilines is 1. The molecule has 0 saturated heterocycles. The summed E-state index contributed by atoms with van der Waals surface area (Å²) >= 11 is 1.00. The number of halogens is 3. The fourth-order valence-corrected chi connectivity index (χ4v) is 3.19. The number of nitriles is 1. The zero-order chi connectivity index (χ0) is 18.0. The van der Waals surface area contributed by atoms with Gasteiger partial charge in [0.15, 0.2) is 0 Å². The predicted molar refractivity (Wildman–Crippen MR) is 90.4 cm³/mol. The number of aryl methyl sites for hydroxylation is 1. The van der Waals surface area contributed by atoms with Gasteiger partial charge in [0.2, 0.25) is 0 Å². The van der Waals surface area contributed by atoms with Crippen LogP contribution in [0.15, 0.2) is 47.5 Å². The first-order valence-corrected chi connectivity index (χ1v) is 7.99. The Morgan fingerprint density at radius 3 is 2.68 bits per heavy atom. The molecule has 0 aliphatic heterocycles. The molecular formula is C17H12F3N3OS. The highest BCUT2D eigenvalue weighted by atomic mass is 32.2. The van der Waals surface area contributed by atoms with Gasteiger partial charge in [0.05, 0.1) is 21.7 Å². The number of para-hydroxylation sites is 1. The Bertz CT molecular complexity index is 960. The zero-order valence-corrected chi connectivity index (χ0v) is 13.8. The number of fused-ring (bicyclic) bond motifs is 1. The average Bonchev–Trinajstić information content (AvgIpc) is 2.99. The summed E-state index contributed by atoms with van der Waals surface area (Å²) in [5.74, 6) is -0.278. The van der Waals surface area contributed by atoms with Gasteiger partial charge in [0.1, 0.15) is 11.8 Å². The van der Waals surface area contributed by atoms with Crippen LogP contribution in [0.25, 0.3) is 10.9 Å². The fourth-order valence-electron chi connectivity index (χ4n) is 2.45. The average molecular weight is 363 g/mol. The zero-order valence-electron chi connectivity index (χ0n) is 12.9. The topological polar surface area (TPSA) is 60.8 Å². The van der Waals surface area contributed by atoms with Crippen molar-refractivity contribution in [1.82, 2.24) is 4.98 Å². The number of nitrogens with zero attached hydrogens (tertiary/aromatic N) is 1. The molecule has 0 aliphatic rings. The van der Waals surface area contributed by atoms with Crippen LogP contribution in [-0.2, 0) is 0 Å². The summed E-state index contributed by atoms with van der Waals surface area (Å²) in [6, 6.07) is 11.6. The van der Waals surface area contributed by atoms with E-state index in [2.05, 4.69) is 20.5 Å². The summed E-state index contributed by atoms with van der Waals surface area (Å²) in [5.41, 5.74) is 2.83. The van der Waals surface area contributed by atoms with Crippen LogP contribution in [0, 0.1) is 18.3 Å². The molecule has 8 heteroatoms. The third-order valence-electron chi connectivity index (χ3n) is 3.51. The molecule has 0 saturated carbocycles. The number of aromatic amines is 1. The number of aromatic nitrogens is 1. The van der Waals surface area contributed by atoms with E-state index in [-0.39, 0.29) is 5.75 Å². The van der Waals surface area contributed by atoms with Crippen LogP contribution in [-0.4, -0.2) is 11.3 Å². The van der Waals surface area contributed by atoms with Crippen LogP contribution < -0.4 is 9.46 Å². The fraction of sp³-hybridized carbons (Fsp3) is 0.118. The Morgan fingerprint density at radius 1 is 1.20 bits per heavy atom. The molecule has 0 spiro atoms. The molecular weight excluding hydrogens is 351 g/mol. The van der Waals surface area contributed by atoms with Crippen molar-refractivity contribution in [2.45, 2.75) is 18.2 Å². The first-order valence-electron chi connectivity index (χ1n) is 7.17. The SMILES string of the molecule is Cc1ccc(NSc2ccccc2OC(F)(F)F)c2[nH]cc(C#N)c12. The molecule has 2 N–H and O–H groups in total. The molecule has 128 valence electrons. The lowest BCUT2D eigenvalue weighted by atomic mass is 10.1. The molecule has 0 amide bonds. The van der Waals surface area contributed by atoms with Gasteiger partial charge in [0, 0.05) is 11.6 Å². The molecule has 1 aromatic heterocycles. The predicted octanol–water partition coefficient (Wildman–Crippen LogP) is 5.37. The lowest BCUT2D eigenvalue weighted by molar-refractivity contribution is -0.275. The quantitative estimate of drug-likeness (QED) is 0.612. The van der Waals surface area contributed by atoms with E-state index in [0.29, 0.717) is 16.1 Å². The number of H-pyrrole nitrogens is 1. The van der Waals surface area contributed by atoms with Gasteiger partial charge in [-0.2, -0.15) is 5.26 Å². The monoisotopic (exact) mass is 363 g/mol. The molecule has 0 atom stereocenters. The van der Waals surface area contributed by atoms with Gasteiger partial charge >= 0.3 is 6.36 Å². The van der Waals surface area contributed by atoms with Crippen molar-refractivity contribution in [2.75, 3.05) is 4.72 Å². The number of ether oxygens (including phenoxy) is 1. The Kier molecular flexibility index (Phi) is 4.51. The summed E-state index contributed by atoms with van der Waals surface area (Å²) in [6.07, 6.45) is -3.15. The Labute approximate surface area is 145 Å².